The number of rotatable bonds is 6. The topological polar surface area (TPSA) is 184 Å². The Morgan fingerprint density at radius 1 is 0.854 bits per heavy atom. The van der Waals surface area contributed by atoms with Crippen molar-refractivity contribution in [3.63, 3.8) is 0 Å². The number of benzene rings is 2. The lowest BCUT2D eigenvalue weighted by atomic mass is 9.86. The van der Waals surface area contributed by atoms with Crippen LogP contribution in [0.4, 0.5) is 4.79 Å². The average molecular weight is 664 g/mol. The van der Waals surface area contributed by atoms with Gasteiger partial charge in [-0.15, -0.1) is 0 Å². The predicted molar refractivity (Wildman–Crippen MR) is 178 cm³/mol. The van der Waals surface area contributed by atoms with Gasteiger partial charge in [-0.2, -0.15) is 0 Å². The molecule has 0 fully saturated rings. The number of fused-ring (bicyclic) bond motifs is 2. The Kier molecular flexibility index (Phi) is 11.2. The maximum Gasteiger partial charge on any atom is 0.413 e. The number of primary amides is 1. The van der Waals surface area contributed by atoms with E-state index in [2.05, 4.69) is 5.32 Å². The summed E-state index contributed by atoms with van der Waals surface area (Å²) in [6.07, 6.45) is 2.91. The van der Waals surface area contributed by atoms with Gasteiger partial charge in [0.15, 0.2) is 0 Å². The number of amides is 2. The molecule has 0 aliphatic carbocycles. The fourth-order valence-electron chi connectivity index (χ4n) is 4.81. The highest BCUT2D eigenvalue weighted by atomic mass is 16.6. The molecular formula is C36H45N3O9. The van der Waals surface area contributed by atoms with E-state index in [0.29, 0.717) is 23.1 Å². The first kappa shape index (κ1) is 37.5. The molecule has 48 heavy (non-hydrogen) atoms. The van der Waals surface area contributed by atoms with Crippen molar-refractivity contribution >= 4 is 35.7 Å². The number of ether oxygens (including phenoxy) is 4. The van der Waals surface area contributed by atoms with Gasteiger partial charge in [-0.05, 0) is 122 Å². The van der Waals surface area contributed by atoms with Gasteiger partial charge in [-0.25, -0.2) is 9.59 Å². The molecule has 0 saturated heterocycles. The van der Waals surface area contributed by atoms with E-state index in [9.17, 15) is 24.0 Å². The second kappa shape index (κ2) is 14.4. The van der Waals surface area contributed by atoms with Gasteiger partial charge in [0.25, 0.3) is 0 Å². The van der Waals surface area contributed by atoms with E-state index in [1.165, 1.54) is 24.3 Å². The molecule has 0 radical (unpaired) electrons. The molecule has 0 aromatic heterocycles. The van der Waals surface area contributed by atoms with Crippen LogP contribution in [0, 0.1) is 5.41 Å². The van der Waals surface area contributed by atoms with Crippen LogP contribution in [0.1, 0.15) is 118 Å². The van der Waals surface area contributed by atoms with E-state index in [4.69, 9.17) is 30.1 Å². The lowest BCUT2D eigenvalue weighted by Crippen LogP contribution is -2.36. The van der Waals surface area contributed by atoms with Crippen LogP contribution in [-0.4, -0.2) is 52.5 Å². The number of nitrogens with two attached hydrogens (primary N) is 1. The molecule has 0 saturated carbocycles. The molecule has 1 heterocycles. The zero-order valence-electron chi connectivity index (χ0n) is 29.0. The molecule has 2 aromatic rings. The third kappa shape index (κ3) is 10.8. The number of carbonyl (C=O) groups is 5. The molecule has 1 atom stereocenters. The summed E-state index contributed by atoms with van der Waals surface area (Å²) in [4.78, 5) is 65.2. The van der Waals surface area contributed by atoms with Crippen molar-refractivity contribution in [1.82, 2.24) is 5.32 Å². The van der Waals surface area contributed by atoms with Crippen LogP contribution in [0.25, 0.3) is 0 Å². The summed E-state index contributed by atoms with van der Waals surface area (Å²) in [5.41, 5.74) is 4.61. The van der Waals surface area contributed by atoms with Crippen LogP contribution >= 0.6 is 0 Å². The van der Waals surface area contributed by atoms with Crippen molar-refractivity contribution in [3.8, 4) is 5.75 Å². The summed E-state index contributed by atoms with van der Waals surface area (Å²) in [5, 5.41) is 10.8. The standard InChI is InChI=1S/C36H45N3O9/c1-34(2,3)46-28(40)19-26(32(43)47-35(4,5)6)24-18-23-20(17-25(24)30(38)41)12-10-11-13-21-16-22(14-15-27(21)45-31(23)42)29(37)39-33(44)48-36(7,8)9/h10-11,14-18,26H,12-13,19H2,1-9H3,(H2,38,41)(H2,37,39,44)/b11-10+/t26-/m0/s1. The van der Waals surface area contributed by atoms with Crippen molar-refractivity contribution in [2.75, 3.05) is 0 Å². The highest BCUT2D eigenvalue weighted by Gasteiger charge is 2.35. The third-order valence-corrected chi connectivity index (χ3v) is 6.64. The maximum atomic E-state index is 13.8. The molecule has 4 N–H and O–H groups in total. The number of hydrogen-bond acceptors (Lipinski definition) is 10. The lowest BCUT2D eigenvalue weighted by Gasteiger charge is -2.27. The van der Waals surface area contributed by atoms with Gasteiger partial charge in [0.05, 0.1) is 17.9 Å². The molecule has 12 nitrogen and oxygen atoms in total. The Labute approximate surface area is 280 Å². The Morgan fingerprint density at radius 3 is 2.00 bits per heavy atom. The number of nitrogens with one attached hydrogen (secondary N) is 2. The summed E-state index contributed by atoms with van der Waals surface area (Å²) >= 11 is 0. The lowest BCUT2D eigenvalue weighted by molar-refractivity contribution is -0.164. The van der Waals surface area contributed by atoms with Gasteiger partial charge in [0.1, 0.15) is 28.4 Å². The first-order chi connectivity index (χ1) is 22.0. The van der Waals surface area contributed by atoms with Crippen LogP contribution in [0.3, 0.4) is 0 Å². The van der Waals surface area contributed by atoms with Gasteiger partial charge < -0.3 is 24.7 Å². The van der Waals surface area contributed by atoms with Gasteiger partial charge in [0.2, 0.25) is 5.91 Å². The minimum absolute atomic E-state index is 0.0246. The highest BCUT2D eigenvalue weighted by Crippen LogP contribution is 2.33. The van der Waals surface area contributed by atoms with E-state index >= 15 is 0 Å². The number of carbonyl (C=O) groups excluding carboxylic acids is 5. The van der Waals surface area contributed by atoms with Gasteiger partial charge in [-0.1, -0.05) is 12.2 Å². The number of amidine groups is 1. The van der Waals surface area contributed by atoms with Crippen molar-refractivity contribution < 1.29 is 42.9 Å². The molecular weight excluding hydrogens is 618 g/mol. The smallest absolute Gasteiger partial charge is 0.413 e. The van der Waals surface area contributed by atoms with Crippen LogP contribution in [0.5, 0.6) is 5.75 Å². The Bertz CT molecular complexity index is 1650. The van der Waals surface area contributed by atoms with Crippen LogP contribution in [0.15, 0.2) is 42.5 Å². The molecule has 2 amide bonds. The van der Waals surface area contributed by atoms with Crippen molar-refractivity contribution in [2.24, 2.45) is 5.73 Å². The maximum absolute atomic E-state index is 13.8. The summed E-state index contributed by atoms with van der Waals surface area (Å²) in [6, 6.07) is 7.42. The van der Waals surface area contributed by atoms with Crippen molar-refractivity contribution in [2.45, 2.75) is 104 Å². The zero-order valence-corrected chi connectivity index (χ0v) is 29.0. The van der Waals surface area contributed by atoms with E-state index in [1.807, 2.05) is 6.08 Å². The zero-order chi connectivity index (χ0) is 36.2. The first-order valence-electron chi connectivity index (χ1n) is 15.5. The van der Waals surface area contributed by atoms with Crippen LogP contribution in [-0.2, 0) is 36.6 Å². The number of alkyl carbamates (subject to hydrolysis) is 1. The molecule has 0 spiro atoms. The Hall–Kier alpha value is -5.00. The largest absolute Gasteiger partial charge is 0.460 e. The monoisotopic (exact) mass is 663 g/mol. The Balaban J connectivity index is 2.06. The number of allylic oxidation sites excluding steroid dienone is 2. The minimum Gasteiger partial charge on any atom is -0.460 e. The van der Waals surface area contributed by atoms with Gasteiger partial charge in [0, 0.05) is 11.1 Å². The highest BCUT2D eigenvalue weighted by molar-refractivity contribution is 6.05. The normalized spacial score (nSPS) is 14.6. The molecule has 1 aliphatic rings. The summed E-state index contributed by atoms with van der Waals surface area (Å²) in [6.45, 7) is 15.2. The third-order valence-electron chi connectivity index (χ3n) is 6.64. The van der Waals surface area contributed by atoms with E-state index < -0.39 is 59.1 Å². The average Bonchev–Trinajstić information content (AvgIpc) is 2.91. The fourth-order valence-corrected chi connectivity index (χ4v) is 4.81. The Morgan fingerprint density at radius 2 is 1.44 bits per heavy atom. The summed E-state index contributed by atoms with van der Waals surface area (Å²) in [7, 11) is 0. The predicted octanol–water partition coefficient (Wildman–Crippen LogP) is 5.67. The molecule has 3 rings (SSSR count). The van der Waals surface area contributed by atoms with Crippen LogP contribution in [0.2, 0.25) is 0 Å². The number of hydrogen-bond donors (Lipinski definition) is 3. The van der Waals surface area contributed by atoms with Crippen molar-refractivity contribution in [1.29, 1.82) is 5.41 Å². The second-order valence-corrected chi connectivity index (χ2v) is 14.4. The quantitative estimate of drug-likeness (QED) is 0.0875. The molecule has 2 aromatic carbocycles. The van der Waals surface area contributed by atoms with Crippen molar-refractivity contribution in [3.05, 3.63) is 75.9 Å². The summed E-state index contributed by atoms with van der Waals surface area (Å²) < 4.78 is 22.1. The number of esters is 3. The van der Waals surface area contributed by atoms with Crippen LogP contribution < -0.4 is 15.8 Å². The van der Waals surface area contributed by atoms with E-state index in [1.54, 1.807) is 74.5 Å². The SMILES string of the molecule is CC(C)(C)OC(=O)C[C@H](C(=O)OC(C)(C)C)c1cc2c(cc1C(N)=O)C/C=C/Cc1cc(C(=N)NC(=O)OC(C)(C)C)ccc1OC2=O. The molecule has 0 unspecified atom stereocenters. The fraction of sp³-hybridized carbons (Fsp3) is 0.444. The first-order valence-corrected chi connectivity index (χ1v) is 15.5. The molecule has 1 aliphatic heterocycles. The summed E-state index contributed by atoms with van der Waals surface area (Å²) in [5.74, 6) is -4.49. The molecule has 258 valence electrons. The molecule has 12 heteroatoms. The minimum atomic E-state index is -1.33. The van der Waals surface area contributed by atoms with Gasteiger partial charge >= 0.3 is 24.0 Å². The molecule has 0 bridgehead atoms. The second-order valence-electron chi connectivity index (χ2n) is 14.4. The van der Waals surface area contributed by atoms with E-state index in [-0.39, 0.29) is 34.7 Å². The van der Waals surface area contributed by atoms with E-state index in [0.717, 1.165) is 0 Å². The van der Waals surface area contributed by atoms with Gasteiger partial charge in [-0.3, -0.25) is 25.1 Å².